The Morgan fingerprint density at radius 2 is 1.93 bits per heavy atom. The number of halogens is 3. The van der Waals surface area contributed by atoms with Gasteiger partial charge in [0.1, 0.15) is 12.4 Å². The molecule has 0 N–H and O–H groups in total. The van der Waals surface area contributed by atoms with Gasteiger partial charge in [0.15, 0.2) is 13.0 Å². The van der Waals surface area contributed by atoms with Crippen LogP contribution in [0, 0.1) is 0 Å². The molecule has 1 aliphatic heterocycles. The zero-order valence-electron chi connectivity index (χ0n) is 15.0. The van der Waals surface area contributed by atoms with Crippen molar-refractivity contribution in [3.63, 3.8) is 0 Å². The molecule has 0 aliphatic carbocycles. The molecule has 0 atom stereocenters. The lowest BCUT2D eigenvalue weighted by Crippen LogP contribution is -2.17. The van der Waals surface area contributed by atoms with Crippen molar-refractivity contribution < 1.29 is 27.3 Å². The summed E-state index contributed by atoms with van der Waals surface area (Å²) in [4.78, 5) is 13.3. The fourth-order valence-corrected chi connectivity index (χ4v) is 2.66. The number of alkyl halides is 3. The number of nitrogens with zero attached hydrogens (tertiary/aromatic N) is 4. The summed E-state index contributed by atoms with van der Waals surface area (Å²) in [6.45, 7) is 1.08. The molecule has 29 heavy (non-hydrogen) atoms. The Morgan fingerprint density at radius 1 is 1.10 bits per heavy atom. The molecule has 0 saturated heterocycles. The van der Waals surface area contributed by atoms with Crippen molar-refractivity contribution in [2.24, 2.45) is 4.99 Å². The van der Waals surface area contributed by atoms with E-state index in [0.717, 1.165) is 17.7 Å². The summed E-state index contributed by atoms with van der Waals surface area (Å²) in [5, 5.41) is 5.50. The maximum Gasteiger partial charge on any atom is 0.416 e. The van der Waals surface area contributed by atoms with Gasteiger partial charge in [0.05, 0.1) is 12.1 Å². The molecule has 0 fully saturated rings. The van der Waals surface area contributed by atoms with Crippen LogP contribution in [-0.4, -0.2) is 28.3 Å². The smallest absolute Gasteiger partial charge is 0.416 e. The van der Waals surface area contributed by atoms with Gasteiger partial charge >= 0.3 is 6.18 Å². The molecule has 0 amide bonds. The molecule has 1 aliphatic rings. The minimum Gasteiger partial charge on any atom is -0.485 e. The summed E-state index contributed by atoms with van der Waals surface area (Å²) in [5.74, 6) is 1.02. The van der Waals surface area contributed by atoms with Gasteiger partial charge in [-0.3, -0.25) is 0 Å². The van der Waals surface area contributed by atoms with E-state index in [9.17, 15) is 13.2 Å². The summed E-state index contributed by atoms with van der Waals surface area (Å²) in [7, 11) is 0. The molecule has 0 bridgehead atoms. The van der Waals surface area contributed by atoms with Crippen molar-refractivity contribution in [3.8, 4) is 17.2 Å². The van der Waals surface area contributed by atoms with E-state index in [4.69, 9.17) is 14.1 Å². The number of rotatable bonds is 6. The van der Waals surface area contributed by atoms with Crippen molar-refractivity contribution >= 4 is 6.40 Å². The van der Waals surface area contributed by atoms with E-state index in [1.54, 1.807) is 11.1 Å². The summed E-state index contributed by atoms with van der Waals surface area (Å²) >= 11 is 0. The zero-order chi connectivity index (χ0) is 20.3. The monoisotopic (exact) mass is 404 g/mol. The molecule has 4 rings (SSSR count). The highest BCUT2D eigenvalue weighted by molar-refractivity contribution is 5.53. The van der Waals surface area contributed by atoms with Crippen LogP contribution < -0.4 is 4.74 Å². The van der Waals surface area contributed by atoms with Crippen LogP contribution in [0.1, 0.15) is 17.0 Å². The average molecular weight is 404 g/mol. The van der Waals surface area contributed by atoms with E-state index in [1.807, 2.05) is 18.2 Å². The van der Waals surface area contributed by atoms with Gasteiger partial charge < -0.3 is 14.1 Å². The van der Waals surface area contributed by atoms with E-state index in [1.165, 1.54) is 18.5 Å². The summed E-state index contributed by atoms with van der Waals surface area (Å²) in [5.41, 5.74) is 0.633. The zero-order valence-corrected chi connectivity index (χ0v) is 15.0. The SMILES string of the molecule is FC(F)(F)c1ccc(-c2nc(COc3cccc(CN4CN=CO4)c3)no2)cc1. The van der Waals surface area contributed by atoms with Crippen LogP contribution >= 0.6 is 0 Å². The molecule has 10 heteroatoms. The van der Waals surface area contributed by atoms with Crippen molar-refractivity contribution in [3.05, 3.63) is 65.5 Å². The number of hydrogen-bond acceptors (Lipinski definition) is 7. The third-order valence-electron chi connectivity index (χ3n) is 4.06. The molecule has 3 aromatic rings. The highest BCUT2D eigenvalue weighted by atomic mass is 19.4. The summed E-state index contributed by atoms with van der Waals surface area (Å²) in [6, 6.07) is 12.0. The van der Waals surface area contributed by atoms with E-state index in [0.29, 0.717) is 24.5 Å². The Labute approximate surface area is 163 Å². The molecule has 1 aromatic heterocycles. The lowest BCUT2D eigenvalue weighted by atomic mass is 10.1. The molecule has 2 aromatic carbocycles. The third-order valence-corrected chi connectivity index (χ3v) is 4.06. The molecular formula is C19H15F3N4O3. The molecule has 0 radical (unpaired) electrons. The van der Waals surface area contributed by atoms with Gasteiger partial charge in [0.25, 0.3) is 5.89 Å². The number of ether oxygens (including phenoxy) is 1. The minimum atomic E-state index is -4.39. The lowest BCUT2D eigenvalue weighted by molar-refractivity contribution is -0.137. The number of hydroxylamine groups is 2. The van der Waals surface area contributed by atoms with Gasteiger partial charge in [-0.2, -0.15) is 18.2 Å². The Bertz CT molecular complexity index is 994. The van der Waals surface area contributed by atoms with E-state index in [2.05, 4.69) is 15.1 Å². The highest BCUT2D eigenvalue weighted by Crippen LogP contribution is 2.30. The van der Waals surface area contributed by atoms with Gasteiger partial charge in [-0.05, 0) is 42.0 Å². The second kappa shape index (κ2) is 7.92. The first kappa shape index (κ1) is 18.9. The summed E-state index contributed by atoms with van der Waals surface area (Å²) < 4.78 is 48.7. The van der Waals surface area contributed by atoms with Crippen LogP contribution in [0.15, 0.2) is 58.0 Å². The van der Waals surface area contributed by atoms with Gasteiger partial charge in [-0.25, -0.2) is 4.99 Å². The van der Waals surface area contributed by atoms with Crippen LogP contribution in [0.5, 0.6) is 5.75 Å². The molecule has 150 valence electrons. The lowest BCUT2D eigenvalue weighted by Gasteiger charge is -2.13. The molecule has 0 saturated carbocycles. The minimum absolute atomic E-state index is 0.0525. The Balaban J connectivity index is 1.37. The molecular weight excluding hydrogens is 389 g/mol. The normalized spacial score (nSPS) is 14.2. The van der Waals surface area contributed by atoms with Crippen LogP contribution in [0.3, 0.4) is 0 Å². The Hall–Kier alpha value is -3.40. The number of benzene rings is 2. The van der Waals surface area contributed by atoms with Crippen LogP contribution in [0.4, 0.5) is 13.2 Å². The second-order valence-corrected chi connectivity index (χ2v) is 6.20. The first-order valence-electron chi connectivity index (χ1n) is 8.59. The van der Waals surface area contributed by atoms with Crippen molar-refractivity contribution in [2.75, 3.05) is 6.67 Å². The van der Waals surface area contributed by atoms with Gasteiger partial charge in [0.2, 0.25) is 5.82 Å². The maximum absolute atomic E-state index is 12.6. The van der Waals surface area contributed by atoms with Gasteiger partial charge in [-0.1, -0.05) is 17.3 Å². The van der Waals surface area contributed by atoms with Gasteiger partial charge in [0, 0.05) is 5.56 Å². The largest absolute Gasteiger partial charge is 0.485 e. The Morgan fingerprint density at radius 3 is 2.66 bits per heavy atom. The standard InChI is InChI=1S/C19H15F3N4O3/c20-19(21,22)15-6-4-14(5-7-15)18-24-17(25-29-18)10-27-16-3-1-2-13(8-16)9-26-11-23-12-28-26/h1-8,12H,9-11H2. The third kappa shape index (κ3) is 4.72. The average Bonchev–Trinajstić information content (AvgIpc) is 3.38. The summed E-state index contributed by atoms with van der Waals surface area (Å²) in [6.07, 6.45) is -3.00. The van der Waals surface area contributed by atoms with Crippen LogP contribution in [-0.2, 0) is 24.2 Å². The molecule has 7 nitrogen and oxygen atoms in total. The highest BCUT2D eigenvalue weighted by Gasteiger charge is 2.30. The predicted molar refractivity (Wildman–Crippen MR) is 95.5 cm³/mol. The Kier molecular flexibility index (Phi) is 5.17. The van der Waals surface area contributed by atoms with Crippen LogP contribution in [0.2, 0.25) is 0 Å². The molecule has 2 heterocycles. The van der Waals surface area contributed by atoms with Gasteiger partial charge in [-0.15, -0.1) is 5.06 Å². The fraction of sp³-hybridized carbons (Fsp3) is 0.211. The van der Waals surface area contributed by atoms with Crippen molar-refractivity contribution in [2.45, 2.75) is 19.3 Å². The quantitative estimate of drug-likeness (QED) is 0.617. The van der Waals surface area contributed by atoms with Crippen LogP contribution in [0.25, 0.3) is 11.5 Å². The number of hydrogen-bond donors (Lipinski definition) is 0. The number of aromatic nitrogens is 2. The molecule has 0 unspecified atom stereocenters. The maximum atomic E-state index is 12.6. The topological polar surface area (TPSA) is 73.0 Å². The molecule has 0 spiro atoms. The van der Waals surface area contributed by atoms with E-state index < -0.39 is 11.7 Å². The van der Waals surface area contributed by atoms with E-state index in [-0.39, 0.29) is 18.3 Å². The van der Waals surface area contributed by atoms with Crippen molar-refractivity contribution in [1.82, 2.24) is 15.2 Å². The second-order valence-electron chi connectivity index (χ2n) is 6.20. The predicted octanol–water partition coefficient (Wildman–Crippen LogP) is 4.07. The van der Waals surface area contributed by atoms with Crippen molar-refractivity contribution in [1.29, 1.82) is 0 Å². The van der Waals surface area contributed by atoms with E-state index >= 15 is 0 Å². The first-order chi connectivity index (χ1) is 14.0. The fourth-order valence-electron chi connectivity index (χ4n) is 2.66. The first-order valence-corrected chi connectivity index (χ1v) is 8.59. The number of aliphatic imine (C=N–C) groups is 1.